The van der Waals surface area contributed by atoms with Crippen molar-refractivity contribution in [2.24, 2.45) is 0 Å². The second-order valence-electron chi connectivity index (χ2n) is 4.52. The lowest BCUT2D eigenvalue weighted by molar-refractivity contribution is 0.0839. The second kappa shape index (κ2) is 5.82. The molecule has 17 heavy (non-hydrogen) atoms. The number of nitrogens with one attached hydrogen (secondary N) is 1. The van der Waals surface area contributed by atoms with E-state index in [0.29, 0.717) is 5.56 Å². The molecule has 1 aliphatic rings. The van der Waals surface area contributed by atoms with Crippen molar-refractivity contribution in [2.75, 3.05) is 13.1 Å². The van der Waals surface area contributed by atoms with Crippen molar-refractivity contribution in [3.05, 3.63) is 35.9 Å². The Kier molecular flexibility index (Phi) is 4.15. The molecule has 1 atom stereocenters. The first-order valence-electron chi connectivity index (χ1n) is 6.29. The highest BCUT2D eigenvalue weighted by Gasteiger charge is 2.18. The Labute approximate surface area is 103 Å². The molecule has 0 bridgehead atoms. The molecule has 0 aromatic heterocycles. The first kappa shape index (κ1) is 12.1. The molecule has 1 aromatic carbocycles. The Morgan fingerprint density at radius 2 is 2.12 bits per heavy atom. The van der Waals surface area contributed by atoms with Crippen LogP contribution in [0.3, 0.4) is 0 Å². The normalized spacial score (nSPS) is 18.6. The summed E-state index contributed by atoms with van der Waals surface area (Å²) >= 11 is 0. The fraction of sp³-hybridized carbons (Fsp3) is 0.500. The molecule has 1 aliphatic heterocycles. The van der Waals surface area contributed by atoms with Crippen molar-refractivity contribution in [3.63, 3.8) is 0 Å². The standard InChI is InChI=1S/C14H19N2O/c1-12(16-10-6-3-7-11-16)15-14(17)13-8-4-2-5-9-13/h2,4-5,8,12H,3,6-7,10-11H2,1H3,(H,15,17). The number of amides is 1. The third-order valence-corrected chi connectivity index (χ3v) is 3.23. The van der Waals surface area contributed by atoms with Crippen LogP contribution in [-0.4, -0.2) is 30.1 Å². The predicted octanol–water partition coefficient (Wildman–Crippen LogP) is 2.05. The summed E-state index contributed by atoms with van der Waals surface area (Å²) in [7, 11) is 0. The van der Waals surface area contributed by atoms with Gasteiger partial charge in [0.05, 0.1) is 6.17 Å². The third-order valence-electron chi connectivity index (χ3n) is 3.23. The van der Waals surface area contributed by atoms with Crippen LogP contribution < -0.4 is 5.32 Å². The molecule has 0 saturated carbocycles. The highest BCUT2D eigenvalue weighted by Crippen LogP contribution is 2.11. The van der Waals surface area contributed by atoms with E-state index in [9.17, 15) is 4.79 Å². The summed E-state index contributed by atoms with van der Waals surface area (Å²) in [5.74, 6) is -0.0383. The van der Waals surface area contributed by atoms with Crippen molar-refractivity contribution in [1.82, 2.24) is 10.2 Å². The molecule has 1 radical (unpaired) electrons. The molecule has 91 valence electrons. The van der Waals surface area contributed by atoms with Gasteiger partial charge in [0, 0.05) is 18.7 Å². The molecular weight excluding hydrogens is 212 g/mol. The first-order valence-corrected chi connectivity index (χ1v) is 6.29. The molecule has 1 aromatic rings. The molecule has 1 fully saturated rings. The molecule has 1 saturated heterocycles. The Morgan fingerprint density at radius 1 is 1.35 bits per heavy atom. The lowest BCUT2D eigenvalue weighted by Crippen LogP contribution is -2.48. The van der Waals surface area contributed by atoms with Gasteiger partial charge in [0.25, 0.3) is 5.91 Å². The van der Waals surface area contributed by atoms with E-state index in [-0.39, 0.29) is 12.1 Å². The minimum atomic E-state index is -0.0383. The number of hydrogen-bond acceptors (Lipinski definition) is 2. The zero-order valence-corrected chi connectivity index (χ0v) is 10.3. The van der Waals surface area contributed by atoms with Crippen LogP contribution in [0.1, 0.15) is 36.5 Å². The van der Waals surface area contributed by atoms with Gasteiger partial charge in [-0.1, -0.05) is 24.6 Å². The molecule has 2 rings (SSSR count). The fourth-order valence-corrected chi connectivity index (χ4v) is 2.20. The van der Waals surface area contributed by atoms with Crippen LogP contribution in [0.15, 0.2) is 24.3 Å². The third kappa shape index (κ3) is 3.30. The van der Waals surface area contributed by atoms with Gasteiger partial charge in [-0.3, -0.25) is 9.69 Å². The topological polar surface area (TPSA) is 32.3 Å². The van der Waals surface area contributed by atoms with E-state index in [0.717, 1.165) is 13.1 Å². The minimum Gasteiger partial charge on any atom is -0.337 e. The maximum Gasteiger partial charge on any atom is 0.253 e. The summed E-state index contributed by atoms with van der Waals surface area (Å²) < 4.78 is 0. The summed E-state index contributed by atoms with van der Waals surface area (Å²) in [4.78, 5) is 14.3. The molecule has 3 heteroatoms. The van der Waals surface area contributed by atoms with Gasteiger partial charge in [-0.2, -0.15) is 0 Å². The predicted molar refractivity (Wildman–Crippen MR) is 67.6 cm³/mol. The largest absolute Gasteiger partial charge is 0.337 e. The van der Waals surface area contributed by atoms with Crippen LogP contribution in [-0.2, 0) is 0 Å². The number of rotatable bonds is 3. The Hall–Kier alpha value is -1.35. The average Bonchev–Trinajstić information content (AvgIpc) is 2.40. The Bertz CT molecular complexity index is 358. The second-order valence-corrected chi connectivity index (χ2v) is 4.52. The average molecular weight is 231 g/mol. The monoisotopic (exact) mass is 231 g/mol. The molecule has 1 N–H and O–H groups in total. The molecule has 1 unspecified atom stereocenters. The lowest BCUT2D eigenvalue weighted by Gasteiger charge is -2.32. The molecule has 0 spiro atoms. The number of likely N-dealkylation sites (tertiary alicyclic amines) is 1. The molecule has 0 aliphatic carbocycles. The van der Waals surface area contributed by atoms with Gasteiger partial charge in [-0.25, -0.2) is 0 Å². The van der Waals surface area contributed by atoms with Gasteiger partial charge < -0.3 is 5.32 Å². The Morgan fingerprint density at radius 3 is 2.76 bits per heavy atom. The van der Waals surface area contributed by atoms with Crippen LogP contribution >= 0.6 is 0 Å². The number of benzene rings is 1. The van der Waals surface area contributed by atoms with E-state index in [1.807, 2.05) is 19.1 Å². The number of carbonyl (C=O) groups excluding carboxylic acids is 1. The summed E-state index contributed by atoms with van der Waals surface area (Å²) in [5.41, 5.74) is 0.608. The van der Waals surface area contributed by atoms with E-state index in [4.69, 9.17) is 0 Å². The number of piperidine rings is 1. The lowest BCUT2D eigenvalue weighted by atomic mass is 10.1. The van der Waals surface area contributed by atoms with Crippen molar-refractivity contribution in [3.8, 4) is 0 Å². The first-order chi connectivity index (χ1) is 8.27. The van der Waals surface area contributed by atoms with Crippen LogP contribution in [0.2, 0.25) is 0 Å². The van der Waals surface area contributed by atoms with Gasteiger partial charge in [0.2, 0.25) is 0 Å². The van der Waals surface area contributed by atoms with Crippen molar-refractivity contribution in [2.45, 2.75) is 32.4 Å². The highest BCUT2D eigenvalue weighted by molar-refractivity contribution is 5.93. The summed E-state index contributed by atoms with van der Waals surface area (Å²) in [6.07, 6.45) is 3.88. The van der Waals surface area contributed by atoms with Crippen molar-refractivity contribution < 1.29 is 4.79 Å². The SMILES string of the molecule is CC(NC(=O)c1[c]cccc1)N1CCCCC1. The summed E-state index contributed by atoms with van der Waals surface area (Å²) in [6.45, 7) is 4.21. The van der Waals surface area contributed by atoms with E-state index in [1.54, 1.807) is 12.1 Å². The maximum atomic E-state index is 11.9. The van der Waals surface area contributed by atoms with Crippen LogP contribution in [0.4, 0.5) is 0 Å². The molecule has 3 nitrogen and oxygen atoms in total. The van der Waals surface area contributed by atoms with E-state index >= 15 is 0 Å². The highest BCUT2D eigenvalue weighted by atomic mass is 16.1. The number of hydrogen-bond donors (Lipinski definition) is 1. The quantitative estimate of drug-likeness (QED) is 0.863. The van der Waals surface area contributed by atoms with Crippen LogP contribution in [0, 0.1) is 6.07 Å². The summed E-state index contributed by atoms with van der Waals surface area (Å²) in [6, 6.07) is 10.2. The van der Waals surface area contributed by atoms with E-state index in [1.165, 1.54) is 19.3 Å². The number of carbonyl (C=O) groups is 1. The van der Waals surface area contributed by atoms with E-state index < -0.39 is 0 Å². The van der Waals surface area contributed by atoms with Crippen LogP contribution in [0.5, 0.6) is 0 Å². The van der Waals surface area contributed by atoms with Crippen molar-refractivity contribution in [1.29, 1.82) is 0 Å². The molecule has 1 heterocycles. The molecule has 1 amide bonds. The van der Waals surface area contributed by atoms with Gasteiger partial charge in [0.1, 0.15) is 0 Å². The number of nitrogens with zero attached hydrogens (tertiary/aromatic N) is 1. The summed E-state index contributed by atoms with van der Waals surface area (Å²) in [5, 5.41) is 3.02. The molecular formula is C14H19N2O. The smallest absolute Gasteiger partial charge is 0.253 e. The van der Waals surface area contributed by atoms with E-state index in [2.05, 4.69) is 16.3 Å². The zero-order valence-electron chi connectivity index (χ0n) is 10.3. The minimum absolute atomic E-state index is 0.0383. The van der Waals surface area contributed by atoms with Crippen molar-refractivity contribution >= 4 is 5.91 Å². The van der Waals surface area contributed by atoms with Gasteiger partial charge >= 0.3 is 0 Å². The Balaban J connectivity index is 1.89. The fourth-order valence-electron chi connectivity index (χ4n) is 2.20. The zero-order chi connectivity index (χ0) is 12.1. The van der Waals surface area contributed by atoms with Crippen LogP contribution in [0.25, 0.3) is 0 Å². The van der Waals surface area contributed by atoms with Gasteiger partial charge in [0.15, 0.2) is 0 Å². The maximum absolute atomic E-state index is 11.9. The van der Waals surface area contributed by atoms with Gasteiger partial charge in [-0.05, 0) is 31.9 Å². The van der Waals surface area contributed by atoms with Gasteiger partial charge in [-0.15, -0.1) is 0 Å².